The van der Waals surface area contributed by atoms with E-state index in [1.807, 2.05) is 13.0 Å². The minimum Gasteiger partial charge on any atom is -0.357 e. The summed E-state index contributed by atoms with van der Waals surface area (Å²) in [6.07, 6.45) is 3.68. The molecule has 6 heteroatoms. The first kappa shape index (κ1) is 13.1. The predicted octanol–water partition coefficient (Wildman–Crippen LogP) is 2.31. The number of nitrogens with one attached hydrogen (secondary N) is 2. The summed E-state index contributed by atoms with van der Waals surface area (Å²) in [5.41, 5.74) is 3.13. The Kier molecular flexibility index (Phi) is 2.96. The van der Waals surface area contributed by atoms with Gasteiger partial charge in [-0.05, 0) is 31.4 Å². The number of rotatable bonds is 1. The molecule has 22 heavy (non-hydrogen) atoms. The highest BCUT2D eigenvalue weighted by atomic mass is 16.2. The third-order valence-electron chi connectivity index (χ3n) is 4.19. The zero-order valence-electron chi connectivity index (χ0n) is 12.3. The summed E-state index contributed by atoms with van der Waals surface area (Å²) in [5.74, 6) is 1.37. The quantitative estimate of drug-likeness (QED) is 0.845. The topological polar surface area (TPSA) is 70.2 Å². The monoisotopic (exact) mass is 295 g/mol. The van der Waals surface area contributed by atoms with Gasteiger partial charge in [-0.25, -0.2) is 9.97 Å². The lowest BCUT2D eigenvalue weighted by Gasteiger charge is -2.33. The molecular weight excluding hydrogens is 278 g/mol. The SMILES string of the molecule is CC1Nc2ncnc(N3CCCc4ccccc43)c2NC1=O. The number of hydrogen-bond donors (Lipinski definition) is 2. The summed E-state index contributed by atoms with van der Waals surface area (Å²) in [4.78, 5) is 22.8. The van der Waals surface area contributed by atoms with Crippen molar-refractivity contribution in [3.05, 3.63) is 36.2 Å². The fraction of sp³-hybridized carbons (Fsp3) is 0.312. The Bertz CT molecular complexity index is 745. The Morgan fingerprint density at radius 2 is 2.14 bits per heavy atom. The second-order valence-electron chi connectivity index (χ2n) is 5.66. The van der Waals surface area contributed by atoms with Gasteiger partial charge in [-0.1, -0.05) is 18.2 Å². The molecule has 1 aromatic heterocycles. The van der Waals surface area contributed by atoms with Crippen molar-refractivity contribution in [1.82, 2.24) is 9.97 Å². The maximum atomic E-state index is 12.0. The number of fused-ring (bicyclic) bond motifs is 2. The van der Waals surface area contributed by atoms with Gasteiger partial charge < -0.3 is 15.5 Å². The number of benzene rings is 1. The van der Waals surface area contributed by atoms with Gasteiger partial charge in [0, 0.05) is 12.2 Å². The van der Waals surface area contributed by atoms with E-state index in [1.165, 1.54) is 5.56 Å². The van der Waals surface area contributed by atoms with Crippen molar-refractivity contribution in [2.75, 3.05) is 22.1 Å². The Labute approximate surface area is 128 Å². The Morgan fingerprint density at radius 1 is 1.27 bits per heavy atom. The zero-order valence-corrected chi connectivity index (χ0v) is 12.3. The molecule has 0 saturated heterocycles. The zero-order chi connectivity index (χ0) is 15.1. The number of carbonyl (C=O) groups excluding carboxylic acids is 1. The highest BCUT2D eigenvalue weighted by Gasteiger charge is 2.29. The molecule has 1 atom stereocenters. The van der Waals surface area contributed by atoms with E-state index < -0.39 is 0 Å². The summed E-state index contributed by atoms with van der Waals surface area (Å²) >= 11 is 0. The van der Waals surface area contributed by atoms with E-state index in [1.54, 1.807) is 6.33 Å². The van der Waals surface area contributed by atoms with Crippen molar-refractivity contribution in [1.29, 1.82) is 0 Å². The second-order valence-corrected chi connectivity index (χ2v) is 5.66. The van der Waals surface area contributed by atoms with Gasteiger partial charge in [0.15, 0.2) is 11.6 Å². The number of para-hydroxylation sites is 1. The lowest BCUT2D eigenvalue weighted by atomic mass is 10.0. The van der Waals surface area contributed by atoms with Crippen LogP contribution in [-0.4, -0.2) is 28.5 Å². The van der Waals surface area contributed by atoms with Crippen molar-refractivity contribution in [3.63, 3.8) is 0 Å². The molecule has 0 saturated carbocycles. The van der Waals surface area contributed by atoms with Crippen LogP contribution in [-0.2, 0) is 11.2 Å². The summed E-state index contributed by atoms with van der Waals surface area (Å²) in [6, 6.07) is 8.05. The molecule has 112 valence electrons. The van der Waals surface area contributed by atoms with Gasteiger partial charge in [0.05, 0.1) is 0 Å². The number of nitrogens with zero attached hydrogens (tertiary/aromatic N) is 3. The predicted molar refractivity (Wildman–Crippen MR) is 85.5 cm³/mol. The van der Waals surface area contributed by atoms with Crippen LogP contribution in [0.3, 0.4) is 0 Å². The highest BCUT2D eigenvalue weighted by Crippen LogP contribution is 2.39. The molecular formula is C16H17N5O. The summed E-state index contributed by atoms with van der Waals surface area (Å²) in [5, 5.41) is 6.06. The van der Waals surface area contributed by atoms with Gasteiger partial charge in [0.25, 0.3) is 0 Å². The van der Waals surface area contributed by atoms with E-state index in [2.05, 4.69) is 43.7 Å². The molecule has 2 aromatic rings. The van der Waals surface area contributed by atoms with E-state index in [9.17, 15) is 4.79 Å². The maximum absolute atomic E-state index is 12.0. The van der Waals surface area contributed by atoms with Gasteiger partial charge in [0.1, 0.15) is 18.1 Å². The molecule has 3 heterocycles. The minimum atomic E-state index is -0.288. The molecule has 1 amide bonds. The smallest absolute Gasteiger partial charge is 0.246 e. The number of hydrogen-bond acceptors (Lipinski definition) is 5. The number of carbonyl (C=O) groups is 1. The number of aryl methyl sites for hydroxylation is 1. The van der Waals surface area contributed by atoms with Gasteiger partial charge >= 0.3 is 0 Å². The lowest BCUT2D eigenvalue weighted by molar-refractivity contribution is -0.116. The largest absolute Gasteiger partial charge is 0.357 e. The van der Waals surface area contributed by atoms with E-state index in [0.717, 1.165) is 30.9 Å². The first-order chi connectivity index (χ1) is 10.7. The Morgan fingerprint density at radius 3 is 3.05 bits per heavy atom. The maximum Gasteiger partial charge on any atom is 0.246 e. The Hall–Kier alpha value is -2.63. The van der Waals surface area contributed by atoms with Crippen molar-refractivity contribution >= 4 is 28.9 Å². The van der Waals surface area contributed by atoms with Gasteiger partial charge in [-0.2, -0.15) is 0 Å². The fourth-order valence-corrected chi connectivity index (χ4v) is 3.06. The average Bonchev–Trinajstić information content (AvgIpc) is 2.55. The van der Waals surface area contributed by atoms with Gasteiger partial charge in [-0.15, -0.1) is 0 Å². The molecule has 1 aromatic carbocycles. The molecule has 0 spiro atoms. The molecule has 2 aliphatic heterocycles. The third-order valence-corrected chi connectivity index (χ3v) is 4.19. The van der Waals surface area contributed by atoms with Crippen LogP contribution in [0.2, 0.25) is 0 Å². The van der Waals surface area contributed by atoms with Crippen molar-refractivity contribution in [3.8, 4) is 0 Å². The van der Waals surface area contributed by atoms with Crippen LogP contribution in [0.4, 0.5) is 23.0 Å². The van der Waals surface area contributed by atoms with Crippen molar-refractivity contribution in [2.24, 2.45) is 0 Å². The molecule has 2 aliphatic rings. The summed E-state index contributed by atoms with van der Waals surface area (Å²) < 4.78 is 0. The first-order valence-corrected chi connectivity index (χ1v) is 7.52. The van der Waals surface area contributed by atoms with Crippen LogP contribution in [0.5, 0.6) is 0 Å². The Balaban J connectivity index is 1.82. The number of aromatic nitrogens is 2. The van der Waals surface area contributed by atoms with Gasteiger partial charge in [-0.3, -0.25) is 4.79 Å². The van der Waals surface area contributed by atoms with Crippen LogP contribution in [0, 0.1) is 0 Å². The van der Waals surface area contributed by atoms with E-state index in [-0.39, 0.29) is 11.9 Å². The second kappa shape index (κ2) is 4.98. The standard InChI is InChI=1S/C16H17N5O/c1-10-16(22)20-13-14(19-10)17-9-18-15(13)21-8-4-6-11-5-2-3-7-12(11)21/h2-3,5,7,9-10H,4,6,8H2,1H3,(H,20,22)(H,17,18,19). The third kappa shape index (κ3) is 1.99. The normalized spacial score (nSPS) is 19.8. The molecule has 0 bridgehead atoms. The fourth-order valence-electron chi connectivity index (χ4n) is 3.06. The molecule has 1 unspecified atom stereocenters. The number of anilines is 4. The van der Waals surface area contributed by atoms with Crippen LogP contribution in [0.25, 0.3) is 0 Å². The average molecular weight is 295 g/mol. The molecule has 4 rings (SSSR count). The summed E-state index contributed by atoms with van der Waals surface area (Å²) in [7, 11) is 0. The highest BCUT2D eigenvalue weighted by molar-refractivity contribution is 6.05. The molecule has 0 fully saturated rings. The van der Waals surface area contributed by atoms with Crippen LogP contribution < -0.4 is 15.5 Å². The van der Waals surface area contributed by atoms with Crippen molar-refractivity contribution in [2.45, 2.75) is 25.8 Å². The molecule has 0 aliphatic carbocycles. The van der Waals surface area contributed by atoms with E-state index in [0.29, 0.717) is 11.5 Å². The van der Waals surface area contributed by atoms with E-state index in [4.69, 9.17) is 0 Å². The first-order valence-electron chi connectivity index (χ1n) is 7.52. The summed E-state index contributed by atoms with van der Waals surface area (Å²) in [6.45, 7) is 2.70. The molecule has 0 radical (unpaired) electrons. The van der Waals surface area contributed by atoms with Gasteiger partial charge in [0.2, 0.25) is 5.91 Å². The van der Waals surface area contributed by atoms with Crippen molar-refractivity contribution < 1.29 is 4.79 Å². The van der Waals surface area contributed by atoms with Crippen LogP contribution >= 0.6 is 0 Å². The van der Waals surface area contributed by atoms with Crippen LogP contribution in [0.15, 0.2) is 30.6 Å². The molecule has 2 N–H and O–H groups in total. The van der Waals surface area contributed by atoms with Crippen LogP contribution in [0.1, 0.15) is 18.9 Å². The molecule has 6 nitrogen and oxygen atoms in total. The minimum absolute atomic E-state index is 0.0613. The number of amides is 1. The van der Waals surface area contributed by atoms with E-state index >= 15 is 0 Å². The lowest BCUT2D eigenvalue weighted by Crippen LogP contribution is -2.38.